The summed E-state index contributed by atoms with van der Waals surface area (Å²) in [6.07, 6.45) is 11.4. The zero-order valence-electron chi connectivity index (χ0n) is 14.3. The molecule has 0 atom stereocenters. The third kappa shape index (κ3) is 3.17. The van der Waals surface area contributed by atoms with Gasteiger partial charge in [0.05, 0.1) is 12.8 Å². The van der Waals surface area contributed by atoms with Crippen molar-refractivity contribution in [3.63, 3.8) is 0 Å². The molecule has 1 aliphatic rings. The van der Waals surface area contributed by atoms with E-state index in [0.717, 1.165) is 36.5 Å². The number of aliphatic hydroxyl groups is 1. The number of anilines is 1. The van der Waals surface area contributed by atoms with Gasteiger partial charge in [-0.3, -0.25) is 9.78 Å². The topological polar surface area (TPSA) is 101 Å². The molecule has 0 saturated heterocycles. The van der Waals surface area contributed by atoms with E-state index in [-0.39, 0.29) is 18.4 Å². The normalized spacial score (nSPS) is 15.3. The maximum Gasteiger partial charge on any atom is 0.228 e. The van der Waals surface area contributed by atoms with E-state index in [1.54, 1.807) is 18.6 Å². The van der Waals surface area contributed by atoms with Gasteiger partial charge in [0.1, 0.15) is 11.5 Å². The van der Waals surface area contributed by atoms with Gasteiger partial charge in [-0.15, -0.1) is 0 Å². The number of aliphatic hydroxyl groups excluding tert-OH is 1. The summed E-state index contributed by atoms with van der Waals surface area (Å²) in [5.41, 5.74) is 1.19. The molecule has 0 spiro atoms. The second-order valence-corrected chi connectivity index (χ2v) is 6.59. The lowest BCUT2D eigenvalue weighted by atomic mass is 9.88. The number of pyridine rings is 2. The fraction of sp³-hybridized carbons (Fsp3) is 0.368. The number of carbonyl (C=O) groups excluding carboxylic acids is 1. The minimum Gasteiger partial charge on any atom is -0.442 e. The van der Waals surface area contributed by atoms with Gasteiger partial charge in [0.15, 0.2) is 12.2 Å². The Kier molecular flexibility index (Phi) is 4.62. The fourth-order valence-electron chi connectivity index (χ4n) is 3.50. The van der Waals surface area contributed by atoms with Crippen LogP contribution >= 0.6 is 0 Å². The summed E-state index contributed by atoms with van der Waals surface area (Å²) >= 11 is 0. The predicted molar refractivity (Wildman–Crippen MR) is 96.2 cm³/mol. The van der Waals surface area contributed by atoms with Crippen LogP contribution in [0.5, 0.6) is 0 Å². The molecule has 0 aromatic carbocycles. The zero-order chi connectivity index (χ0) is 17.9. The minimum atomic E-state index is -0.232. The van der Waals surface area contributed by atoms with E-state index in [4.69, 9.17) is 4.42 Å². The molecule has 0 bridgehead atoms. The summed E-state index contributed by atoms with van der Waals surface area (Å²) in [7, 11) is 0. The van der Waals surface area contributed by atoms with Crippen molar-refractivity contribution in [2.24, 2.45) is 5.92 Å². The Labute approximate surface area is 150 Å². The van der Waals surface area contributed by atoms with Gasteiger partial charge in [-0.1, -0.05) is 19.3 Å². The predicted octanol–water partition coefficient (Wildman–Crippen LogP) is 3.30. The second-order valence-electron chi connectivity index (χ2n) is 6.59. The first-order chi connectivity index (χ1) is 12.8. The molecule has 0 unspecified atom stereocenters. The summed E-state index contributed by atoms with van der Waals surface area (Å²) in [4.78, 5) is 25.1. The van der Waals surface area contributed by atoms with Gasteiger partial charge < -0.3 is 14.8 Å². The maximum atomic E-state index is 12.6. The van der Waals surface area contributed by atoms with Crippen LogP contribution in [0.3, 0.4) is 0 Å². The fourth-order valence-corrected chi connectivity index (χ4v) is 3.50. The summed E-state index contributed by atoms with van der Waals surface area (Å²) in [5, 5.41) is 14.4. The van der Waals surface area contributed by atoms with Crippen molar-refractivity contribution in [3.8, 4) is 11.5 Å². The number of fused-ring (bicyclic) bond motifs is 1. The number of nitrogens with zero attached hydrogens (tertiary/aromatic N) is 3. The number of oxazole rings is 1. The van der Waals surface area contributed by atoms with Crippen molar-refractivity contribution in [2.45, 2.75) is 38.7 Å². The molecular weight excluding hydrogens is 332 g/mol. The first kappa shape index (κ1) is 16.7. The van der Waals surface area contributed by atoms with Gasteiger partial charge in [-0.2, -0.15) is 0 Å². The summed E-state index contributed by atoms with van der Waals surface area (Å²) in [6.45, 7) is -0.232. The smallest absolute Gasteiger partial charge is 0.228 e. The number of hydrogen-bond donors (Lipinski definition) is 2. The molecular formula is C19H20N4O3. The Bertz CT molecular complexity index is 918. The highest BCUT2D eigenvalue weighted by molar-refractivity contribution is 5.96. The maximum absolute atomic E-state index is 12.6. The zero-order valence-corrected chi connectivity index (χ0v) is 14.3. The third-order valence-electron chi connectivity index (χ3n) is 4.94. The van der Waals surface area contributed by atoms with Gasteiger partial charge in [0.2, 0.25) is 5.91 Å². The summed E-state index contributed by atoms with van der Waals surface area (Å²) < 4.78 is 5.29. The first-order valence-electron chi connectivity index (χ1n) is 8.84. The van der Waals surface area contributed by atoms with Crippen molar-refractivity contribution in [3.05, 3.63) is 36.6 Å². The Morgan fingerprint density at radius 1 is 1.19 bits per heavy atom. The van der Waals surface area contributed by atoms with Crippen LogP contribution in [0.4, 0.5) is 5.82 Å². The van der Waals surface area contributed by atoms with Crippen LogP contribution in [0, 0.1) is 5.92 Å². The number of rotatable bonds is 4. The molecule has 0 radical (unpaired) electrons. The number of carbonyl (C=O) groups is 1. The molecule has 7 heteroatoms. The highest BCUT2D eigenvalue weighted by Crippen LogP contribution is 2.29. The number of amides is 1. The first-order valence-corrected chi connectivity index (χ1v) is 8.84. The largest absolute Gasteiger partial charge is 0.442 e. The molecule has 2 N–H and O–H groups in total. The van der Waals surface area contributed by atoms with Crippen LogP contribution in [0.2, 0.25) is 0 Å². The van der Waals surface area contributed by atoms with Crippen LogP contribution < -0.4 is 5.32 Å². The van der Waals surface area contributed by atoms with E-state index in [2.05, 4.69) is 20.3 Å². The van der Waals surface area contributed by atoms with Crippen molar-refractivity contribution < 1.29 is 14.3 Å². The molecule has 3 aromatic heterocycles. The van der Waals surface area contributed by atoms with Gasteiger partial charge in [-0.25, -0.2) is 9.97 Å². The molecule has 3 aromatic rings. The average Bonchev–Trinajstić information content (AvgIpc) is 3.23. The Balaban J connectivity index is 1.69. The molecule has 1 aliphatic carbocycles. The highest BCUT2D eigenvalue weighted by Gasteiger charge is 2.22. The van der Waals surface area contributed by atoms with Gasteiger partial charge in [-0.05, 0) is 24.3 Å². The van der Waals surface area contributed by atoms with Gasteiger partial charge in [0.25, 0.3) is 0 Å². The second kappa shape index (κ2) is 7.21. The molecule has 1 fully saturated rings. The quantitative estimate of drug-likeness (QED) is 0.747. The molecule has 134 valence electrons. The van der Waals surface area contributed by atoms with Crippen LogP contribution in [0.15, 0.2) is 35.5 Å². The van der Waals surface area contributed by atoms with E-state index in [1.165, 1.54) is 12.8 Å². The lowest BCUT2D eigenvalue weighted by Gasteiger charge is -2.21. The Hall–Kier alpha value is -2.80. The third-order valence-corrected chi connectivity index (χ3v) is 4.94. The van der Waals surface area contributed by atoms with Crippen LogP contribution in [0.25, 0.3) is 22.2 Å². The van der Waals surface area contributed by atoms with E-state index in [0.29, 0.717) is 22.8 Å². The van der Waals surface area contributed by atoms with Crippen molar-refractivity contribution >= 4 is 22.5 Å². The lowest BCUT2D eigenvalue weighted by Crippen LogP contribution is -2.25. The SMILES string of the molecule is O=C(Nc1ncc2cnc(-c3cnco3)cc2c1CO)C1CCCCC1. The molecule has 1 saturated carbocycles. The van der Waals surface area contributed by atoms with Crippen LogP contribution in [0.1, 0.15) is 37.7 Å². The highest BCUT2D eigenvalue weighted by atomic mass is 16.3. The van der Waals surface area contributed by atoms with Crippen LogP contribution in [-0.4, -0.2) is 26.0 Å². The van der Waals surface area contributed by atoms with Crippen LogP contribution in [-0.2, 0) is 11.4 Å². The van der Waals surface area contributed by atoms with E-state index < -0.39 is 0 Å². The van der Waals surface area contributed by atoms with E-state index >= 15 is 0 Å². The summed E-state index contributed by atoms with van der Waals surface area (Å²) in [5.74, 6) is 0.955. The monoisotopic (exact) mass is 352 g/mol. The van der Waals surface area contributed by atoms with Gasteiger partial charge >= 0.3 is 0 Å². The van der Waals surface area contributed by atoms with Crippen molar-refractivity contribution in [1.82, 2.24) is 15.0 Å². The molecule has 3 heterocycles. The van der Waals surface area contributed by atoms with Crippen molar-refractivity contribution in [2.75, 3.05) is 5.32 Å². The molecule has 1 amide bonds. The molecule has 26 heavy (non-hydrogen) atoms. The van der Waals surface area contributed by atoms with E-state index in [9.17, 15) is 9.90 Å². The number of aromatic nitrogens is 3. The van der Waals surface area contributed by atoms with Gasteiger partial charge in [0, 0.05) is 29.3 Å². The Morgan fingerprint density at radius 3 is 2.73 bits per heavy atom. The van der Waals surface area contributed by atoms with E-state index in [1.807, 2.05) is 6.07 Å². The summed E-state index contributed by atoms with van der Waals surface area (Å²) in [6, 6.07) is 1.82. The minimum absolute atomic E-state index is 0.0178. The lowest BCUT2D eigenvalue weighted by molar-refractivity contribution is -0.120. The van der Waals surface area contributed by atoms with Crippen molar-refractivity contribution in [1.29, 1.82) is 0 Å². The molecule has 7 nitrogen and oxygen atoms in total. The average molecular weight is 352 g/mol. The molecule has 4 rings (SSSR count). The number of hydrogen-bond acceptors (Lipinski definition) is 6. The standard InChI is InChI=1S/C19H20N4O3/c24-10-15-14-6-16(17-9-20-11-26-17)21-7-13(14)8-22-18(15)23-19(25)12-4-2-1-3-5-12/h6-9,11-12,24H,1-5,10H2,(H,22,23,25). The molecule has 0 aliphatic heterocycles. The Morgan fingerprint density at radius 2 is 2.00 bits per heavy atom. The number of nitrogens with one attached hydrogen (secondary N) is 1.